The molecule has 250 valence electrons. The van der Waals surface area contributed by atoms with E-state index in [2.05, 4.69) is 20.8 Å². The van der Waals surface area contributed by atoms with E-state index in [0.717, 1.165) is 44.1 Å². The van der Waals surface area contributed by atoms with Gasteiger partial charge in [0.1, 0.15) is 6.10 Å². The lowest BCUT2D eigenvalue weighted by Gasteiger charge is -2.60. The Morgan fingerprint density at radius 2 is 1.80 bits per heavy atom. The molecule has 0 spiro atoms. The zero-order valence-corrected chi connectivity index (χ0v) is 28.1. The fourth-order valence-electron chi connectivity index (χ4n) is 11.7. The molecule has 6 aliphatic rings. The Balaban J connectivity index is 1.19. The van der Waals surface area contributed by atoms with Gasteiger partial charge in [-0.2, -0.15) is 0 Å². The fraction of sp³-hybridized carbons (Fsp3) is 0.919. The first kappa shape index (κ1) is 33.1. The minimum atomic E-state index is -1.42. The molecule has 0 bridgehead atoms. The summed E-state index contributed by atoms with van der Waals surface area (Å²) in [4.78, 5) is 13.8. The van der Waals surface area contributed by atoms with Crippen LogP contribution in [0.1, 0.15) is 111 Å². The normalized spacial score (nSPS) is 46.5. The molecule has 0 aromatic carbocycles. The van der Waals surface area contributed by atoms with Crippen LogP contribution in [0.5, 0.6) is 0 Å². The summed E-state index contributed by atoms with van der Waals surface area (Å²) in [7, 11) is 1.70. The van der Waals surface area contributed by atoms with Crippen LogP contribution in [0.4, 0.5) is 0 Å². The van der Waals surface area contributed by atoms with Crippen molar-refractivity contribution >= 4 is 5.78 Å². The van der Waals surface area contributed by atoms with E-state index in [0.29, 0.717) is 44.5 Å². The summed E-state index contributed by atoms with van der Waals surface area (Å²) in [5.41, 5.74) is -2.54. The maximum Gasteiger partial charge on any atom is 0.159 e. The van der Waals surface area contributed by atoms with Crippen LogP contribution in [0.3, 0.4) is 0 Å². The molecule has 0 radical (unpaired) electrons. The molecule has 12 unspecified atom stereocenters. The molecule has 7 nitrogen and oxygen atoms in total. The van der Waals surface area contributed by atoms with E-state index in [9.17, 15) is 20.1 Å². The summed E-state index contributed by atoms with van der Waals surface area (Å²) in [6.45, 7) is 10.3. The zero-order valence-electron chi connectivity index (χ0n) is 28.1. The van der Waals surface area contributed by atoms with Crippen molar-refractivity contribution in [1.29, 1.82) is 0 Å². The van der Waals surface area contributed by atoms with E-state index in [1.807, 2.05) is 0 Å². The van der Waals surface area contributed by atoms with Gasteiger partial charge in [-0.25, -0.2) is 0 Å². The summed E-state index contributed by atoms with van der Waals surface area (Å²) in [6.07, 6.45) is 13.0. The number of carbonyl (C=O) groups is 1. The Morgan fingerprint density at radius 1 is 1.05 bits per heavy atom. The van der Waals surface area contributed by atoms with Gasteiger partial charge in [-0.3, -0.25) is 4.79 Å². The first-order chi connectivity index (χ1) is 20.9. The van der Waals surface area contributed by atoms with Gasteiger partial charge in [0.25, 0.3) is 0 Å². The molecule has 0 aromatic heterocycles. The monoisotopic (exact) mass is 616 g/mol. The molecule has 1 heterocycles. The van der Waals surface area contributed by atoms with Crippen LogP contribution in [-0.4, -0.2) is 77.5 Å². The lowest BCUT2D eigenvalue weighted by atomic mass is 9.46. The molecule has 44 heavy (non-hydrogen) atoms. The highest BCUT2D eigenvalue weighted by Crippen LogP contribution is 2.69. The van der Waals surface area contributed by atoms with E-state index < -0.39 is 28.8 Å². The highest BCUT2D eigenvalue weighted by atomic mass is 16.5. The van der Waals surface area contributed by atoms with Crippen molar-refractivity contribution in [3.05, 3.63) is 11.6 Å². The Bertz CT molecular complexity index is 1080. The number of hydrogen-bond donors (Lipinski definition) is 3. The maximum absolute atomic E-state index is 13.8. The largest absolute Gasteiger partial charge is 0.387 e. The van der Waals surface area contributed by atoms with Crippen molar-refractivity contribution in [3.63, 3.8) is 0 Å². The summed E-state index contributed by atoms with van der Waals surface area (Å²) in [5, 5.41) is 36.8. The number of ketones is 1. The van der Waals surface area contributed by atoms with E-state index >= 15 is 0 Å². The number of methoxy groups -OCH3 is 1. The third-order valence-electron chi connectivity index (χ3n) is 14.4. The van der Waals surface area contributed by atoms with Gasteiger partial charge in [-0.1, -0.05) is 52.9 Å². The Kier molecular flexibility index (Phi) is 9.26. The van der Waals surface area contributed by atoms with Crippen LogP contribution in [0.2, 0.25) is 0 Å². The number of allylic oxidation sites excluding steroid dienone is 1. The van der Waals surface area contributed by atoms with Crippen molar-refractivity contribution in [2.75, 3.05) is 26.9 Å². The van der Waals surface area contributed by atoms with E-state index in [4.69, 9.17) is 14.2 Å². The third kappa shape index (κ3) is 5.19. The predicted octanol–water partition coefficient (Wildman–Crippen LogP) is 5.62. The smallest absolute Gasteiger partial charge is 0.159 e. The van der Waals surface area contributed by atoms with E-state index in [1.54, 1.807) is 20.1 Å². The van der Waals surface area contributed by atoms with Gasteiger partial charge in [-0.15, -0.1) is 0 Å². The number of rotatable bonds is 9. The summed E-state index contributed by atoms with van der Waals surface area (Å²) in [5.74, 6) is 1.11. The minimum Gasteiger partial charge on any atom is -0.387 e. The van der Waals surface area contributed by atoms with Gasteiger partial charge in [0.2, 0.25) is 0 Å². The molecular weight excluding hydrogens is 556 g/mol. The standard InChI is InChI=1S/C37H60O7/c1-23-26(24-10-7-6-8-11-24)22-44-32(23)33(39)36(4,40)31-14-17-37(41)28-21-30(38)29-20-25(43-19-9-18-42-5)12-15-34(29,2)27(28)13-16-35(31,37)3/h21,23-27,29,31-33,39-41H,6-20,22H2,1-5H3. The molecule has 7 heteroatoms. The Labute approximate surface area is 265 Å². The molecule has 5 fully saturated rings. The van der Waals surface area contributed by atoms with Crippen molar-refractivity contribution < 1.29 is 34.3 Å². The SMILES string of the molecule is COCCCOC1CCC2(C)C(C1)C(=O)C=C1C2CCC2(C)C(C(C)(O)C(O)C3OCC(C4CCCCC4)C3C)CCC12O. The van der Waals surface area contributed by atoms with Crippen molar-refractivity contribution in [3.8, 4) is 0 Å². The number of fused-ring (bicyclic) bond motifs is 5. The highest BCUT2D eigenvalue weighted by molar-refractivity contribution is 5.95. The Hall–Kier alpha value is -0.830. The second-order valence-corrected chi connectivity index (χ2v) is 16.5. The van der Waals surface area contributed by atoms with Crippen LogP contribution in [0.15, 0.2) is 11.6 Å². The molecular formula is C37H60O7. The number of aliphatic hydroxyl groups excluding tert-OH is 1. The third-order valence-corrected chi connectivity index (χ3v) is 14.4. The summed E-state index contributed by atoms with van der Waals surface area (Å²) in [6, 6.07) is 0. The van der Waals surface area contributed by atoms with Crippen molar-refractivity contribution in [1.82, 2.24) is 0 Å². The molecule has 5 aliphatic carbocycles. The molecule has 3 N–H and O–H groups in total. The average molecular weight is 617 g/mol. The van der Waals surface area contributed by atoms with Gasteiger partial charge in [-0.05, 0) is 105 Å². The minimum absolute atomic E-state index is 0.0890. The summed E-state index contributed by atoms with van der Waals surface area (Å²) >= 11 is 0. The number of ether oxygens (including phenoxy) is 3. The quantitative estimate of drug-likeness (QED) is 0.289. The number of carbonyl (C=O) groups excluding carboxylic acids is 1. The fourth-order valence-corrected chi connectivity index (χ4v) is 11.7. The van der Waals surface area contributed by atoms with Crippen LogP contribution < -0.4 is 0 Å². The molecule has 1 saturated heterocycles. The Morgan fingerprint density at radius 3 is 2.52 bits per heavy atom. The lowest BCUT2D eigenvalue weighted by molar-refractivity contribution is -0.193. The van der Waals surface area contributed by atoms with Crippen LogP contribution in [0, 0.1) is 46.3 Å². The van der Waals surface area contributed by atoms with Crippen molar-refractivity contribution in [2.24, 2.45) is 46.3 Å². The summed E-state index contributed by atoms with van der Waals surface area (Å²) < 4.78 is 17.6. The van der Waals surface area contributed by atoms with E-state index in [1.165, 1.54) is 32.1 Å². The van der Waals surface area contributed by atoms with E-state index in [-0.39, 0.29) is 41.0 Å². The van der Waals surface area contributed by atoms with Gasteiger partial charge in [0, 0.05) is 31.7 Å². The molecule has 1 aliphatic heterocycles. The lowest BCUT2D eigenvalue weighted by Crippen LogP contribution is -2.63. The average Bonchev–Trinajstić information content (AvgIpc) is 3.52. The predicted molar refractivity (Wildman–Crippen MR) is 169 cm³/mol. The molecule has 0 aromatic rings. The first-order valence-electron chi connectivity index (χ1n) is 18.0. The van der Waals surface area contributed by atoms with Crippen LogP contribution >= 0.6 is 0 Å². The van der Waals surface area contributed by atoms with Crippen molar-refractivity contribution in [2.45, 2.75) is 141 Å². The van der Waals surface area contributed by atoms with Gasteiger partial charge in [0.05, 0.1) is 30.0 Å². The number of hydrogen-bond acceptors (Lipinski definition) is 7. The molecule has 4 saturated carbocycles. The second kappa shape index (κ2) is 12.3. The highest BCUT2D eigenvalue weighted by Gasteiger charge is 2.69. The number of aliphatic hydroxyl groups is 3. The second-order valence-electron chi connectivity index (χ2n) is 16.5. The van der Waals surface area contributed by atoms with Gasteiger partial charge >= 0.3 is 0 Å². The zero-order chi connectivity index (χ0) is 31.5. The van der Waals surface area contributed by atoms with Crippen LogP contribution in [0.25, 0.3) is 0 Å². The first-order valence-corrected chi connectivity index (χ1v) is 18.0. The molecule has 0 amide bonds. The van der Waals surface area contributed by atoms with Crippen LogP contribution in [-0.2, 0) is 19.0 Å². The van der Waals surface area contributed by atoms with Gasteiger partial charge < -0.3 is 29.5 Å². The molecule has 6 rings (SSSR count). The van der Waals surface area contributed by atoms with Gasteiger partial charge in [0.15, 0.2) is 5.78 Å². The molecule has 12 atom stereocenters. The maximum atomic E-state index is 13.8. The topological polar surface area (TPSA) is 105 Å².